The molecule has 2 rings (SSSR count). The van der Waals surface area contributed by atoms with Gasteiger partial charge in [0.2, 0.25) is 5.91 Å². The summed E-state index contributed by atoms with van der Waals surface area (Å²) in [5, 5.41) is 2.79. The number of carbonyl (C=O) groups excluding carboxylic acids is 1. The van der Waals surface area contributed by atoms with Crippen LogP contribution in [0.15, 0.2) is 12.1 Å². The molecule has 0 spiro atoms. The largest absolute Gasteiger partial charge is 0.493 e. The Balaban J connectivity index is 2.29. The summed E-state index contributed by atoms with van der Waals surface area (Å²) < 4.78 is 16.3. The van der Waals surface area contributed by atoms with Crippen molar-refractivity contribution >= 4 is 5.91 Å². The Morgan fingerprint density at radius 2 is 2.05 bits per heavy atom. The molecule has 1 aliphatic rings. The molecule has 1 atom stereocenters. The van der Waals surface area contributed by atoms with Crippen molar-refractivity contribution < 1.29 is 19.0 Å². The predicted octanol–water partition coefficient (Wildman–Crippen LogP) is 1.45. The Kier molecular flexibility index (Phi) is 4.27. The quantitative estimate of drug-likeness (QED) is 0.895. The molecule has 1 N–H and O–H groups in total. The summed E-state index contributed by atoms with van der Waals surface area (Å²) in [4.78, 5) is 11.0. The van der Waals surface area contributed by atoms with E-state index in [1.807, 2.05) is 12.1 Å². The van der Waals surface area contributed by atoms with E-state index >= 15 is 0 Å². The Bertz CT molecular complexity index is 473. The molecule has 1 aromatic rings. The topological polar surface area (TPSA) is 56.8 Å². The van der Waals surface area contributed by atoms with Crippen LogP contribution in [0, 0.1) is 0 Å². The summed E-state index contributed by atoms with van der Waals surface area (Å²) in [6.07, 6.45) is 0.708. The Labute approximate surface area is 112 Å². The minimum absolute atomic E-state index is 0.0591. The summed E-state index contributed by atoms with van der Waals surface area (Å²) >= 11 is 0. The molecule has 0 radical (unpaired) electrons. The second kappa shape index (κ2) is 5.93. The number of hydrogen-bond acceptors (Lipinski definition) is 4. The van der Waals surface area contributed by atoms with Gasteiger partial charge >= 0.3 is 0 Å². The standard InChI is InChI=1S/C14H19NO4/c1-9(16)15-8-14-11-7-13(18-3)12(17-2)6-10(11)4-5-19-14/h6-7,14H,4-5,8H2,1-3H3,(H,15,16). The van der Waals surface area contributed by atoms with Crippen molar-refractivity contribution in [2.45, 2.75) is 19.4 Å². The smallest absolute Gasteiger partial charge is 0.216 e. The van der Waals surface area contributed by atoms with Gasteiger partial charge in [0.05, 0.1) is 20.8 Å². The average Bonchev–Trinajstić information content (AvgIpc) is 2.43. The van der Waals surface area contributed by atoms with Gasteiger partial charge in [-0.1, -0.05) is 0 Å². The fourth-order valence-electron chi connectivity index (χ4n) is 2.26. The van der Waals surface area contributed by atoms with Gasteiger partial charge in [-0.15, -0.1) is 0 Å². The first-order chi connectivity index (χ1) is 9.15. The zero-order valence-electron chi connectivity index (χ0n) is 11.5. The lowest BCUT2D eigenvalue weighted by Gasteiger charge is -2.27. The van der Waals surface area contributed by atoms with Crippen LogP contribution in [0.2, 0.25) is 0 Å². The molecule has 19 heavy (non-hydrogen) atoms. The second-order valence-corrected chi connectivity index (χ2v) is 4.45. The van der Waals surface area contributed by atoms with E-state index < -0.39 is 0 Å². The number of hydrogen-bond donors (Lipinski definition) is 1. The first-order valence-electron chi connectivity index (χ1n) is 6.26. The number of rotatable bonds is 4. The van der Waals surface area contributed by atoms with Crippen LogP contribution in [-0.4, -0.2) is 33.3 Å². The molecule has 0 aliphatic carbocycles. The van der Waals surface area contributed by atoms with Gasteiger partial charge in [-0.05, 0) is 29.7 Å². The Morgan fingerprint density at radius 1 is 1.37 bits per heavy atom. The lowest BCUT2D eigenvalue weighted by molar-refractivity contribution is -0.119. The maximum Gasteiger partial charge on any atom is 0.216 e. The lowest BCUT2D eigenvalue weighted by atomic mass is 9.96. The molecule has 1 aliphatic heterocycles. The molecule has 1 heterocycles. The predicted molar refractivity (Wildman–Crippen MR) is 70.6 cm³/mol. The third-order valence-corrected chi connectivity index (χ3v) is 3.22. The van der Waals surface area contributed by atoms with Crippen molar-refractivity contribution in [3.05, 3.63) is 23.3 Å². The Hall–Kier alpha value is -1.75. The molecule has 1 amide bonds. The van der Waals surface area contributed by atoms with Gasteiger partial charge in [-0.2, -0.15) is 0 Å². The molecular formula is C14H19NO4. The van der Waals surface area contributed by atoms with Crippen molar-refractivity contribution in [2.24, 2.45) is 0 Å². The number of benzene rings is 1. The molecule has 0 aromatic heterocycles. The van der Waals surface area contributed by atoms with E-state index in [9.17, 15) is 4.79 Å². The first-order valence-corrected chi connectivity index (χ1v) is 6.26. The van der Waals surface area contributed by atoms with Crippen molar-refractivity contribution in [1.29, 1.82) is 0 Å². The number of fused-ring (bicyclic) bond motifs is 1. The van der Waals surface area contributed by atoms with Gasteiger partial charge in [-0.25, -0.2) is 0 Å². The fraction of sp³-hybridized carbons (Fsp3) is 0.500. The maximum atomic E-state index is 11.0. The normalized spacial score (nSPS) is 17.5. The van der Waals surface area contributed by atoms with E-state index in [-0.39, 0.29) is 12.0 Å². The molecule has 5 nitrogen and oxygen atoms in total. The highest BCUT2D eigenvalue weighted by Crippen LogP contribution is 2.36. The van der Waals surface area contributed by atoms with E-state index in [0.29, 0.717) is 18.9 Å². The molecule has 0 bridgehead atoms. The van der Waals surface area contributed by atoms with Gasteiger partial charge in [0.15, 0.2) is 11.5 Å². The molecule has 1 unspecified atom stereocenters. The van der Waals surface area contributed by atoms with Crippen LogP contribution in [0.3, 0.4) is 0 Å². The fourth-order valence-corrected chi connectivity index (χ4v) is 2.26. The highest BCUT2D eigenvalue weighted by atomic mass is 16.5. The monoisotopic (exact) mass is 265 g/mol. The van der Waals surface area contributed by atoms with Gasteiger partial charge in [0, 0.05) is 13.5 Å². The van der Waals surface area contributed by atoms with Crippen LogP contribution < -0.4 is 14.8 Å². The average molecular weight is 265 g/mol. The first kappa shape index (κ1) is 13.7. The highest BCUT2D eigenvalue weighted by Gasteiger charge is 2.23. The zero-order valence-corrected chi connectivity index (χ0v) is 11.5. The summed E-state index contributed by atoms with van der Waals surface area (Å²) in [6.45, 7) is 2.61. The van der Waals surface area contributed by atoms with E-state index in [4.69, 9.17) is 14.2 Å². The van der Waals surface area contributed by atoms with Crippen LogP contribution in [0.5, 0.6) is 11.5 Å². The molecule has 0 saturated heterocycles. The van der Waals surface area contributed by atoms with Gasteiger partial charge in [-0.3, -0.25) is 4.79 Å². The zero-order chi connectivity index (χ0) is 13.8. The van der Waals surface area contributed by atoms with Crippen LogP contribution in [0.1, 0.15) is 24.2 Å². The van der Waals surface area contributed by atoms with E-state index in [1.54, 1.807) is 14.2 Å². The van der Waals surface area contributed by atoms with Gasteiger partial charge < -0.3 is 19.5 Å². The van der Waals surface area contributed by atoms with Crippen LogP contribution in [-0.2, 0) is 16.0 Å². The molecule has 1 aromatic carbocycles. The molecule has 104 valence electrons. The number of amides is 1. The molecule has 0 fully saturated rings. The van der Waals surface area contributed by atoms with Crippen molar-refractivity contribution in [2.75, 3.05) is 27.4 Å². The van der Waals surface area contributed by atoms with Crippen LogP contribution in [0.25, 0.3) is 0 Å². The lowest BCUT2D eigenvalue weighted by Crippen LogP contribution is -2.30. The SMILES string of the molecule is COc1cc2c(cc1OC)C(CNC(C)=O)OCC2. The Morgan fingerprint density at radius 3 is 2.68 bits per heavy atom. The minimum atomic E-state index is -0.132. The molecule has 0 saturated carbocycles. The van der Waals surface area contributed by atoms with Gasteiger partial charge in [0.1, 0.15) is 6.10 Å². The van der Waals surface area contributed by atoms with E-state index in [2.05, 4.69) is 5.32 Å². The maximum absolute atomic E-state index is 11.0. The van der Waals surface area contributed by atoms with E-state index in [0.717, 1.165) is 17.7 Å². The summed E-state index contributed by atoms with van der Waals surface area (Å²) in [5.74, 6) is 1.34. The van der Waals surface area contributed by atoms with Gasteiger partial charge in [0.25, 0.3) is 0 Å². The third kappa shape index (κ3) is 2.98. The van der Waals surface area contributed by atoms with Crippen molar-refractivity contribution in [3.8, 4) is 11.5 Å². The number of carbonyl (C=O) groups is 1. The second-order valence-electron chi connectivity index (χ2n) is 4.45. The number of ether oxygens (including phenoxy) is 3. The van der Waals surface area contributed by atoms with Crippen LogP contribution in [0.4, 0.5) is 0 Å². The third-order valence-electron chi connectivity index (χ3n) is 3.22. The van der Waals surface area contributed by atoms with Crippen molar-refractivity contribution in [3.63, 3.8) is 0 Å². The number of nitrogens with one attached hydrogen (secondary N) is 1. The van der Waals surface area contributed by atoms with Crippen molar-refractivity contribution in [1.82, 2.24) is 5.32 Å². The molecule has 5 heteroatoms. The summed E-state index contributed by atoms with van der Waals surface area (Å²) in [7, 11) is 3.23. The highest BCUT2D eigenvalue weighted by molar-refractivity contribution is 5.72. The van der Waals surface area contributed by atoms with Crippen LogP contribution >= 0.6 is 0 Å². The number of methoxy groups -OCH3 is 2. The minimum Gasteiger partial charge on any atom is -0.493 e. The summed E-state index contributed by atoms with van der Waals surface area (Å²) in [5.41, 5.74) is 2.23. The van der Waals surface area contributed by atoms with E-state index in [1.165, 1.54) is 12.5 Å². The summed E-state index contributed by atoms with van der Waals surface area (Å²) in [6, 6.07) is 3.91. The molecular weight excluding hydrogens is 246 g/mol.